The summed E-state index contributed by atoms with van der Waals surface area (Å²) in [5.74, 6) is 1.99. The molecule has 2 aromatic carbocycles. The van der Waals surface area contributed by atoms with Crippen LogP contribution in [0.1, 0.15) is 132 Å². The molecular formula is C54H68N8O6. The van der Waals surface area contributed by atoms with Crippen molar-refractivity contribution in [2.75, 3.05) is 27.3 Å². The molecule has 14 heteroatoms. The number of imidazole rings is 2. The van der Waals surface area contributed by atoms with Crippen molar-refractivity contribution in [1.29, 1.82) is 0 Å². The number of carbonyl (C=O) groups excluding carboxylic acids is 4. The first-order valence-electron chi connectivity index (χ1n) is 25.1. The third-order valence-electron chi connectivity index (χ3n) is 15.7. The van der Waals surface area contributed by atoms with E-state index in [2.05, 4.69) is 81.3 Å². The van der Waals surface area contributed by atoms with Gasteiger partial charge in [0, 0.05) is 24.7 Å². The Morgan fingerprint density at radius 1 is 0.794 bits per heavy atom. The number of fused-ring (bicyclic) bond motifs is 2. The zero-order valence-corrected chi connectivity index (χ0v) is 40.5. The van der Waals surface area contributed by atoms with Crippen molar-refractivity contribution >= 4 is 41.1 Å². The summed E-state index contributed by atoms with van der Waals surface area (Å²) >= 11 is 0. The zero-order chi connectivity index (χ0) is 47.6. The van der Waals surface area contributed by atoms with Gasteiger partial charge in [-0.1, -0.05) is 94.2 Å². The predicted octanol–water partition coefficient (Wildman–Crippen LogP) is 9.46. The first kappa shape index (κ1) is 46.9. The number of aromatic nitrogens is 4. The fraction of sp³-hybridized carbons (Fsp3) is 0.519. The molecule has 2 aliphatic heterocycles. The Morgan fingerprint density at radius 2 is 1.46 bits per heavy atom. The van der Waals surface area contributed by atoms with E-state index in [0.717, 1.165) is 117 Å². The summed E-state index contributed by atoms with van der Waals surface area (Å²) in [5, 5.41) is 5.60. The van der Waals surface area contributed by atoms with Crippen molar-refractivity contribution in [2.24, 2.45) is 23.7 Å². The van der Waals surface area contributed by atoms with E-state index in [0.29, 0.717) is 19.0 Å². The van der Waals surface area contributed by atoms with Crippen LogP contribution >= 0.6 is 0 Å². The van der Waals surface area contributed by atoms with E-state index < -0.39 is 24.3 Å². The van der Waals surface area contributed by atoms with Crippen LogP contribution in [-0.4, -0.2) is 93.1 Å². The van der Waals surface area contributed by atoms with Gasteiger partial charge in [-0.3, -0.25) is 9.59 Å². The Kier molecular flexibility index (Phi) is 13.9. The molecule has 6 aliphatic carbocycles. The molecule has 4 heterocycles. The van der Waals surface area contributed by atoms with Gasteiger partial charge in [0.1, 0.15) is 23.7 Å². The lowest BCUT2D eigenvalue weighted by molar-refractivity contribution is -0.136. The van der Waals surface area contributed by atoms with Crippen LogP contribution in [0, 0.1) is 23.7 Å². The van der Waals surface area contributed by atoms with Crippen LogP contribution in [0.15, 0.2) is 65.8 Å². The van der Waals surface area contributed by atoms with Crippen molar-refractivity contribution in [3.63, 3.8) is 0 Å². The van der Waals surface area contributed by atoms with E-state index in [9.17, 15) is 19.2 Å². The van der Waals surface area contributed by atoms with Gasteiger partial charge in [-0.25, -0.2) is 19.6 Å². The minimum atomic E-state index is -0.672. The average molecular weight is 925 g/mol. The number of nitrogens with one attached hydrogen (secondary N) is 4. The van der Waals surface area contributed by atoms with Gasteiger partial charge >= 0.3 is 12.2 Å². The van der Waals surface area contributed by atoms with Gasteiger partial charge in [0.15, 0.2) is 0 Å². The number of amides is 4. The normalized spacial score (nSPS) is 22.9. The van der Waals surface area contributed by atoms with Gasteiger partial charge in [0.05, 0.1) is 43.0 Å². The van der Waals surface area contributed by atoms with Gasteiger partial charge in [0.2, 0.25) is 11.8 Å². The largest absolute Gasteiger partial charge is 0.453 e. The Bertz CT molecular complexity index is 2640. The van der Waals surface area contributed by atoms with E-state index in [1.165, 1.54) is 42.1 Å². The van der Waals surface area contributed by atoms with Crippen molar-refractivity contribution in [2.45, 2.75) is 129 Å². The molecule has 14 nitrogen and oxygen atoms in total. The summed E-state index contributed by atoms with van der Waals surface area (Å²) in [7, 11) is 2.64. The number of aromatic amines is 2. The Balaban J connectivity index is 0.901. The first-order chi connectivity index (χ1) is 33.0. The number of nitrogens with zero attached hydrogens (tertiary/aromatic N) is 4. The van der Waals surface area contributed by atoms with E-state index >= 15 is 0 Å². The number of allylic oxidation sites excluding steroid dienone is 5. The quantitative estimate of drug-likeness (QED) is 0.109. The number of rotatable bonds is 12. The minimum Gasteiger partial charge on any atom is -0.453 e. The molecule has 4 N–H and O–H groups in total. The fourth-order valence-corrected chi connectivity index (χ4v) is 11.3. The molecular weight excluding hydrogens is 857 g/mol. The highest BCUT2D eigenvalue weighted by molar-refractivity contribution is 5.88. The molecule has 2 aromatic heterocycles. The van der Waals surface area contributed by atoms with Crippen LogP contribution in [0.4, 0.5) is 9.59 Å². The number of benzene rings is 2. The van der Waals surface area contributed by atoms with Gasteiger partial charge < -0.3 is 39.9 Å². The number of H-pyrrole nitrogens is 2. The summed E-state index contributed by atoms with van der Waals surface area (Å²) in [6, 6.07) is 11.8. The maximum atomic E-state index is 14.0. The topological polar surface area (TPSA) is 175 Å². The molecule has 0 radical (unpaired) electrons. The highest BCUT2D eigenvalue weighted by Crippen LogP contribution is 2.42. The second-order valence-corrected chi connectivity index (χ2v) is 19.8. The maximum Gasteiger partial charge on any atom is 0.407 e. The lowest BCUT2D eigenvalue weighted by Crippen LogP contribution is -2.51. The molecule has 4 amide bonds. The van der Waals surface area contributed by atoms with Crippen molar-refractivity contribution in [3.05, 3.63) is 99.9 Å². The van der Waals surface area contributed by atoms with E-state index in [1.807, 2.05) is 37.5 Å². The number of methoxy groups -OCH3 is 2. The van der Waals surface area contributed by atoms with Crippen LogP contribution in [0.3, 0.4) is 0 Å². The number of aryl methyl sites for hydroxylation is 2. The number of likely N-dealkylation sites (tertiary alicyclic amines) is 2. The van der Waals surface area contributed by atoms with Crippen LogP contribution < -0.4 is 10.6 Å². The smallest absolute Gasteiger partial charge is 0.407 e. The SMILES string of the molecule is CC[C@H](C)C(NC(=O)OC)C(=O)N1CCC[C@H]1c1nc2c([nH]1)CC(C1=CC3=CCC1CCc1ccc(c(-c4ccc5nc([C@@H]6CCCN6C(=O)C(NC(=O)OC)[C@@H](C)CC)[nH]c5c4)c1)CC3)C=C2. The molecule has 8 aliphatic rings. The summed E-state index contributed by atoms with van der Waals surface area (Å²) in [5.41, 5.74) is 11.8. The zero-order valence-electron chi connectivity index (χ0n) is 40.5. The highest BCUT2D eigenvalue weighted by atomic mass is 16.5. The van der Waals surface area contributed by atoms with Gasteiger partial charge in [-0.15, -0.1) is 0 Å². The van der Waals surface area contributed by atoms with Crippen molar-refractivity contribution < 1.29 is 28.7 Å². The predicted molar refractivity (Wildman–Crippen MR) is 262 cm³/mol. The molecule has 12 rings (SSSR count). The van der Waals surface area contributed by atoms with Gasteiger partial charge in [-0.2, -0.15) is 0 Å². The van der Waals surface area contributed by atoms with Crippen LogP contribution in [-0.2, 0) is 38.3 Å². The Morgan fingerprint density at radius 3 is 2.10 bits per heavy atom. The number of ether oxygens (including phenoxy) is 2. The summed E-state index contributed by atoms with van der Waals surface area (Å²) in [6.45, 7) is 9.25. The molecule has 2 fully saturated rings. The molecule has 0 spiro atoms. The van der Waals surface area contributed by atoms with Gasteiger partial charge in [-0.05, 0) is 122 Å². The summed E-state index contributed by atoms with van der Waals surface area (Å²) in [4.78, 5) is 73.6. The van der Waals surface area contributed by atoms with Gasteiger partial charge in [0.25, 0.3) is 0 Å². The molecule has 2 saturated heterocycles. The second kappa shape index (κ2) is 20.2. The molecule has 4 aromatic rings. The van der Waals surface area contributed by atoms with E-state index in [4.69, 9.17) is 19.4 Å². The second-order valence-electron chi connectivity index (χ2n) is 19.8. The monoisotopic (exact) mass is 925 g/mol. The standard InChI is InChI=1S/C54H68N8O6/c1-7-31(3)47(59-53(65)67-5)51(63)61-25-9-11-45(61)49-55-41-23-21-37(29-43(41)57-49)39-27-33-13-17-35(39)19-15-34-14-18-36(20-16-33)40(28-34)38-22-24-42-44(30-38)58-50(56-42)46-12-10-26-62(46)52(64)48(32(4)8-2)60-54(66)68-6/h13-14,17,21-24,27-29,31-32,36,38,45-48H,7-12,15-16,18-20,25-26,30H2,1-6H3,(H,55,57)(H,56,58)(H,59,65)(H,60,66)/t31-,32-,36?,38?,45-,46-,47?,48?/m0/s1. The number of alkyl carbamates (subject to hydrolysis) is 2. The maximum absolute atomic E-state index is 14.0. The number of hydrogen-bond donors (Lipinski definition) is 4. The molecule has 360 valence electrons. The fourth-order valence-electron chi connectivity index (χ4n) is 11.3. The molecule has 0 saturated carbocycles. The van der Waals surface area contributed by atoms with Crippen LogP contribution in [0.5, 0.6) is 0 Å². The summed E-state index contributed by atoms with van der Waals surface area (Å²) in [6.07, 6.45) is 18.9. The number of carbonyl (C=O) groups is 4. The third kappa shape index (κ3) is 9.47. The lowest BCUT2D eigenvalue weighted by Gasteiger charge is -2.31. The van der Waals surface area contributed by atoms with Crippen LogP contribution in [0.2, 0.25) is 0 Å². The van der Waals surface area contributed by atoms with Crippen LogP contribution in [0.25, 0.3) is 28.2 Å². The lowest BCUT2D eigenvalue weighted by atomic mass is 9.74. The molecule has 8 atom stereocenters. The summed E-state index contributed by atoms with van der Waals surface area (Å²) < 4.78 is 9.74. The van der Waals surface area contributed by atoms with E-state index in [1.54, 1.807) is 0 Å². The molecule has 4 bridgehead atoms. The molecule has 4 unspecified atom stereocenters. The van der Waals surface area contributed by atoms with E-state index in [-0.39, 0.29) is 41.7 Å². The molecule has 68 heavy (non-hydrogen) atoms. The third-order valence-corrected chi connectivity index (χ3v) is 15.7. The Hall–Kier alpha value is -6.18. The highest BCUT2D eigenvalue weighted by Gasteiger charge is 2.40. The minimum absolute atomic E-state index is 0.0429. The van der Waals surface area contributed by atoms with Crippen molar-refractivity contribution in [3.8, 4) is 11.1 Å². The first-order valence-corrected chi connectivity index (χ1v) is 25.1. The average Bonchev–Trinajstić information content (AvgIpc) is 4.20. The number of hydrogen-bond acceptors (Lipinski definition) is 8. The Labute approximate surface area is 399 Å². The van der Waals surface area contributed by atoms with Crippen molar-refractivity contribution in [1.82, 2.24) is 40.4 Å².